The Balaban J connectivity index is 1.67. The molecule has 3 nitrogen and oxygen atoms in total. The van der Waals surface area contributed by atoms with E-state index in [9.17, 15) is 0 Å². The second-order valence-corrected chi connectivity index (χ2v) is 6.59. The molecule has 0 radical (unpaired) electrons. The highest BCUT2D eigenvalue weighted by atomic mass is 16.3. The number of anilines is 1. The molecule has 0 amide bonds. The molecule has 112 valence electrons. The summed E-state index contributed by atoms with van der Waals surface area (Å²) in [6, 6.07) is 9.10. The summed E-state index contributed by atoms with van der Waals surface area (Å²) in [6.45, 7) is 6.59. The van der Waals surface area contributed by atoms with Crippen molar-refractivity contribution >= 4 is 5.69 Å². The van der Waals surface area contributed by atoms with Crippen LogP contribution in [-0.4, -0.2) is 11.0 Å². The van der Waals surface area contributed by atoms with Crippen molar-refractivity contribution in [3.05, 3.63) is 36.4 Å². The van der Waals surface area contributed by atoms with Crippen LogP contribution in [0.25, 0.3) is 11.3 Å². The first-order valence-corrected chi connectivity index (χ1v) is 7.89. The summed E-state index contributed by atoms with van der Waals surface area (Å²) in [7, 11) is 0. The summed E-state index contributed by atoms with van der Waals surface area (Å²) in [5, 5.41) is 3.68. The zero-order chi connectivity index (χ0) is 14.8. The first kappa shape index (κ1) is 14.2. The lowest BCUT2D eigenvalue weighted by Crippen LogP contribution is -2.30. The molecule has 1 aromatic heterocycles. The van der Waals surface area contributed by atoms with E-state index in [1.165, 1.54) is 24.9 Å². The van der Waals surface area contributed by atoms with Gasteiger partial charge in [-0.15, -0.1) is 0 Å². The van der Waals surface area contributed by atoms with Gasteiger partial charge in [0.1, 0.15) is 12.0 Å². The summed E-state index contributed by atoms with van der Waals surface area (Å²) < 4.78 is 5.27. The van der Waals surface area contributed by atoms with Gasteiger partial charge in [-0.3, -0.25) is 0 Å². The van der Waals surface area contributed by atoms with Crippen molar-refractivity contribution in [3.63, 3.8) is 0 Å². The van der Waals surface area contributed by atoms with Gasteiger partial charge in [0.25, 0.3) is 0 Å². The molecular formula is C18H24N2O. The summed E-state index contributed by atoms with van der Waals surface area (Å²) >= 11 is 0. The van der Waals surface area contributed by atoms with Crippen molar-refractivity contribution in [2.24, 2.45) is 11.8 Å². The SMILES string of the molecule is Cc1nc(-c2ccc(NC3CC(C)CC(C)C3)cc2)co1. The third kappa shape index (κ3) is 3.46. The lowest BCUT2D eigenvalue weighted by molar-refractivity contribution is 0.281. The summed E-state index contributed by atoms with van der Waals surface area (Å²) in [5.74, 6) is 2.35. The van der Waals surface area contributed by atoms with Crippen LogP contribution in [0.5, 0.6) is 0 Å². The molecule has 1 heterocycles. The molecule has 0 bridgehead atoms. The molecule has 3 heteroatoms. The molecule has 1 aliphatic rings. The number of hydrogen-bond acceptors (Lipinski definition) is 3. The Labute approximate surface area is 126 Å². The van der Waals surface area contributed by atoms with Crippen LogP contribution in [0.2, 0.25) is 0 Å². The summed E-state index contributed by atoms with van der Waals surface area (Å²) in [4.78, 5) is 4.36. The van der Waals surface area contributed by atoms with E-state index < -0.39 is 0 Å². The number of oxazole rings is 1. The van der Waals surface area contributed by atoms with Gasteiger partial charge in [-0.2, -0.15) is 0 Å². The largest absolute Gasteiger partial charge is 0.449 e. The minimum Gasteiger partial charge on any atom is -0.449 e. The summed E-state index contributed by atoms with van der Waals surface area (Å²) in [6.07, 6.45) is 5.62. The molecule has 1 aliphatic carbocycles. The molecule has 1 saturated carbocycles. The number of aryl methyl sites for hydroxylation is 1. The zero-order valence-electron chi connectivity index (χ0n) is 13.1. The highest BCUT2D eigenvalue weighted by Crippen LogP contribution is 2.31. The van der Waals surface area contributed by atoms with Gasteiger partial charge in [0.05, 0.1) is 0 Å². The van der Waals surface area contributed by atoms with E-state index >= 15 is 0 Å². The number of hydrogen-bond donors (Lipinski definition) is 1. The van der Waals surface area contributed by atoms with Crippen molar-refractivity contribution in [1.29, 1.82) is 0 Å². The average molecular weight is 284 g/mol. The van der Waals surface area contributed by atoms with Crippen LogP contribution in [0, 0.1) is 18.8 Å². The van der Waals surface area contributed by atoms with Crippen molar-refractivity contribution in [3.8, 4) is 11.3 Å². The Morgan fingerprint density at radius 3 is 2.29 bits per heavy atom. The summed E-state index contributed by atoms with van der Waals surface area (Å²) in [5.41, 5.74) is 3.20. The molecule has 3 rings (SSSR count). The molecule has 2 unspecified atom stereocenters. The standard InChI is InChI=1S/C18H24N2O/c1-12-8-13(2)10-17(9-12)20-16-6-4-15(5-7-16)18-11-21-14(3)19-18/h4-7,11-13,17,20H,8-10H2,1-3H3. The number of aromatic nitrogens is 1. The van der Waals surface area contributed by atoms with E-state index in [2.05, 4.69) is 48.4 Å². The van der Waals surface area contributed by atoms with E-state index in [1.54, 1.807) is 6.26 Å². The molecule has 1 aromatic carbocycles. The van der Waals surface area contributed by atoms with Gasteiger partial charge in [0.2, 0.25) is 0 Å². The van der Waals surface area contributed by atoms with Crippen LogP contribution in [0.4, 0.5) is 5.69 Å². The van der Waals surface area contributed by atoms with E-state index in [4.69, 9.17) is 4.42 Å². The van der Waals surface area contributed by atoms with E-state index in [0.29, 0.717) is 11.9 Å². The number of benzene rings is 1. The predicted octanol–water partition coefficient (Wildman–Crippen LogP) is 4.89. The van der Waals surface area contributed by atoms with Crippen LogP contribution in [-0.2, 0) is 0 Å². The first-order valence-electron chi connectivity index (χ1n) is 7.89. The van der Waals surface area contributed by atoms with Crippen LogP contribution in [0.1, 0.15) is 39.0 Å². The highest BCUT2D eigenvalue weighted by molar-refractivity contribution is 5.62. The number of rotatable bonds is 3. The van der Waals surface area contributed by atoms with Gasteiger partial charge in [-0.1, -0.05) is 26.0 Å². The maximum absolute atomic E-state index is 5.27. The van der Waals surface area contributed by atoms with Crippen LogP contribution >= 0.6 is 0 Å². The molecule has 2 atom stereocenters. The predicted molar refractivity (Wildman–Crippen MR) is 86.3 cm³/mol. The highest BCUT2D eigenvalue weighted by Gasteiger charge is 2.23. The third-order valence-electron chi connectivity index (χ3n) is 4.35. The van der Waals surface area contributed by atoms with Crippen molar-refractivity contribution < 1.29 is 4.42 Å². The zero-order valence-corrected chi connectivity index (χ0v) is 13.1. The number of nitrogens with zero attached hydrogens (tertiary/aromatic N) is 1. The molecule has 21 heavy (non-hydrogen) atoms. The lowest BCUT2D eigenvalue weighted by Gasteiger charge is -2.32. The van der Waals surface area contributed by atoms with Gasteiger partial charge in [-0.25, -0.2) is 4.98 Å². The van der Waals surface area contributed by atoms with E-state index in [0.717, 1.165) is 23.1 Å². The van der Waals surface area contributed by atoms with Gasteiger partial charge < -0.3 is 9.73 Å². The van der Waals surface area contributed by atoms with E-state index in [1.807, 2.05) is 6.92 Å². The Bertz CT molecular complexity index is 578. The van der Waals surface area contributed by atoms with Crippen LogP contribution in [0.3, 0.4) is 0 Å². The first-order chi connectivity index (χ1) is 10.1. The Morgan fingerprint density at radius 2 is 1.71 bits per heavy atom. The second-order valence-electron chi connectivity index (χ2n) is 6.59. The monoisotopic (exact) mass is 284 g/mol. The fourth-order valence-corrected chi connectivity index (χ4v) is 3.53. The third-order valence-corrected chi connectivity index (χ3v) is 4.35. The van der Waals surface area contributed by atoms with E-state index in [-0.39, 0.29) is 0 Å². The fourth-order valence-electron chi connectivity index (χ4n) is 3.53. The minimum atomic E-state index is 0.601. The molecule has 0 spiro atoms. The van der Waals surface area contributed by atoms with Gasteiger partial charge in [-0.05, 0) is 43.2 Å². The molecule has 0 aliphatic heterocycles. The van der Waals surface area contributed by atoms with Crippen LogP contribution in [0.15, 0.2) is 34.9 Å². The molecule has 0 saturated heterocycles. The quantitative estimate of drug-likeness (QED) is 0.872. The Morgan fingerprint density at radius 1 is 1.05 bits per heavy atom. The number of nitrogens with one attached hydrogen (secondary N) is 1. The van der Waals surface area contributed by atoms with Crippen LogP contribution < -0.4 is 5.32 Å². The van der Waals surface area contributed by atoms with Crippen molar-refractivity contribution in [2.75, 3.05) is 5.32 Å². The second kappa shape index (κ2) is 5.92. The minimum absolute atomic E-state index is 0.601. The smallest absolute Gasteiger partial charge is 0.191 e. The van der Waals surface area contributed by atoms with Crippen molar-refractivity contribution in [1.82, 2.24) is 4.98 Å². The normalized spacial score (nSPS) is 25.8. The van der Waals surface area contributed by atoms with Gasteiger partial charge in [0, 0.05) is 24.2 Å². The lowest BCUT2D eigenvalue weighted by atomic mass is 9.80. The molecular weight excluding hydrogens is 260 g/mol. The average Bonchev–Trinajstić information content (AvgIpc) is 2.85. The fraction of sp³-hybridized carbons (Fsp3) is 0.500. The van der Waals surface area contributed by atoms with Crippen molar-refractivity contribution in [2.45, 2.75) is 46.1 Å². The molecule has 1 N–H and O–H groups in total. The van der Waals surface area contributed by atoms with Gasteiger partial charge in [0.15, 0.2) is 5.89 Å². The maximum Gasteiger partial charge on any atom is 0.191 e. The topological polar surface area (TPSA) is 38.1 Å². The molecule has 2 aromatic rings. The maximum atomic E-state index is 5.27. The Hall–Kier alpha value is -1.77. The Kier molecular flexibility index (Phi) is 4.00. The van der Waals surface area contributed by atoms with Gasteiger partial charge >= 0.3 is 0 Å². The molecule has 1 fully saturated rings.